The number of nitrogens with one attached hydrogen (secondary N) is 1. The van der Waals surface area contributed by atoms with E-state index in [9.17, 15) is 4.79 Å². The van der Waals surface area contributed by atoms with Gasteiger partial charge in [-0.1, -0.05) is 26.0 Å². The van der Waals surface area contributed by atoms with E-state index in [4.69, 9.17) is 4.74 Å². The van der Waals surface area contributed by atoms with Crippen LogP contribution in [-0.4, -0.2) is 18.1 Å². The molecule has 100 valence electrons. The summed E-state index contributed by atoms with van der Waals surface area (Å²) in [4.78, 5) is 12.2. The van der Waals surface area contributed by atoms with Crippen molar-refractivity contribution in [3.05, 3.63) is 29.8 Å². The smallest absolute Gasteiger partial charge is 0.255 e. The summed E-state index contributed by atoms with van der Waals surface area (Å²) in [6.45, 7) is 10.1. The second-order valence-corrected chi connectivity index (χ2v) is 5.17. The average Bonchev–Trinajstić information content (AvgIpc) is 2.28. The van der Waals surface area contributed by atoms with Crippen LogP contribution in [0.3, 0.4) is 0 Å². The minimum atomic E-state index is -0.0764. The number of carbonyl (C=O) groups is 1. The van der Waals surface area contributed by atoms with Crippen LogP contribution in [-0.2, 0) is 0 Å². The third-order valence-corrected chi connectivity index (χ3v) is 2.85. The van der Waals surface area contributed by atoms with Crippen molar-refractivity contribution in [2.45, 2.75) is 46.8 Å². The number of hydrogen-bond acceptors (Lipinski definition) is 2. The molecule has 0 aliphatic rings. The summed E-state index contributed by atoms with van der Waals surface area (Å²) in [5.74, 6) is 0.973. The highest BCUT2D eigenvalue weighted by atomic mass is 16.5. The predicted octanol–water partition coefficient (Wildman–Crippen LogP) is 3.25. The van der Waals surface area contributed by atoms with E-state index in [1.807, 2.05) is 39.0 Å². The average molecular weight is 249 g/mol. The molecule has 1 aromatic rings. The zero-order chi connectivity index (χ0) is 13.7. The molecule has 1 amide bonds. The number of carbonyl (C=O) groups excluding carboxylic acids is 1. The van der Waals surface area contributed by atoms with Crippen LogP contribution in [0.25, 0.3) is 0 Å². The minimum absolute atomic E-state index is 0.0569. The fraction of sp³-hybridized carbons (Fsp3) is 0.533. The fourth-order valence-corrected chi connectivity index (χ4v) is 1.46. The molecule has 0 aliphatic heterocycles. The highest BCUT2D eigenvalue weighted by molar-refractivity contribution is 5.97. The van der Waals surface area contributed by atoms with Gasteiger partial charge < -0.3 is 10.1 Å². The van der Waals surface area contributed by atoms with Crippen molar-refractivity contribution in [2.24, 2.45) is 5.92 Å². The Labute approximate surface area is 110 Å². The molecule has 0 fully saturated rings. The van der Waals surface area contributed by atoms with E-state index in [1.165, 1.54) is 0 Å². The third kappa shape index (κ3) is 4.06. The first kappa shape index (κ1) is 14.6. The highest BCUT2D eigenvalue weighted by Crippen LogP contribution is 2.19. The first-order valence-electron chi connectivity index (χ1n) is 6.48. The van der Waals surface area contributed by atoms with Gasteiger partial charge in [-0.2, -0.15) is 0 Å². The standard InChI is InChI=1S/C15H23NO2/c1-10(2)12(5)16-15(17)13-8-6-7-9-14(13)18-11(3)4/h6-12H,1-5H3,(H,16,17)/t12-/m0/s1. The molecule has 0 unspecified atom stereocenters. The summed E-state index contributed by atoms with van der Waals surface area (Å²) >= 11 is 0. The van der Waals surface area contributed by atoms with Gasteiger partial charge in [-0.05, 0) is 38.8 Å². The van der Waals surface area contributed by atoms with E-state index in [2.05, 4.69) is 19.2 Å². The quantitative estimate of drug-likeness (QED) is 0.870. The van der Waals surface area contributed by atoms with Crippen molar-refractivity contribution in [3.63, 3.8) is 0 Å². The van der Waals surface area contributed by atoms with E-state index in [-0.39, 0.29) is 18.1 Å². The normalized spacial score (nSPS) is 12.6. The van der Waals surface area contributed by atoms with Gasteiger partial charge in [0.1, 0.15) is 5.75 Å². The van der Waals surface area contributed by atoms with Crippen LogP contribution < -0.4 is 10.1 Å². The van der Waals surface area contributed by atoms with Gasteiger partial charge in [0.2, 0.25) is 0 Å². The van der Waals surface area contributed by atoms with Crippen molar-refractivity contribution in [2.75, 3.05) is 0 Å². The first-order chi connectivity index (χ1) is 8.41. The third-order valence-electron chi connectivity index (χ3n) is 2.85. The lowest BCUT2D eigenvalue weighted by Crippen LogP contribution is -2.36. The van der Waals surface area contributed by atoms with Gasteiger partial charge in [0.25, 0.3) is 5.91 Å². The molecular weight excluding hydrogens is 226 g/mol. The van der Waals surface area contributed by atoms with E-state index >= 15 is 0 Å². The van der Waals surface area contributed by atoms with Crippen LogP contribution >= 0.6 is 0 Å². The molecule has 0 aliphatic carbocycles. The molecule has 0 bridgehead atoms. The molecule has 0 saturated heterocycles. The topological polar surface area (TPSA) is 38.3 Å². The van der Waals surface area contributed by atoms with Crippen LogP contribution in [0.1, 0.15) is 45.0 Å². The number of benzene rings is 1. The van der Waals surface area contributed by atoms with Crippen LogP contribution in [0.4, 0.5) is 0 Å². The number of hydrogen-bond donors (Lipinski definition) is 1. The Kier molecular flexibility index (Phi) is 5.20. The number of para-hydroxylation sites is 1. The Morgan fingerprint density at radius 3 is 2.28 bits per heavy atom. The number of amides is 1. The summed E-state index contributed by atoms with van der Waals surface area (Å²) in [7, 11) is 0. The maximum Gasteiger partial charge on any atom is 0.255 e. The Morgan fingerprint density at radius 1 is 1.11 bits per heavy atom. The Bertz CT molecular complexity index is 399. The van der Waals surface area contributed by atoms with E-state index in [1.54, 1.807) is 6.07 Å². The van der Waals surface area contributed by atoms with Crippen LogP contribution in [0.15, 0.2) is 24.3 Å². The number of rotatable bonds is 5. The molecule has 3 nitrogen and oxygen atoms in total. The Balaban J connectivity index is 2.85. The summed E-state index contributed by atoms with van der Waals surface area (Å²) in [5, 5.41) is 2.99. The summed E-state index contributed by atoms with van der Waals surface area (Å²) in [5.41, 5.74) is 0.596. The molecule has 18 heavy (non-hydrogen) atoms. The lowest BCUT2D eigenvalue weighted by atomic mass is 10.1. The van der Waals surface area contributed by atoms with Crippen LogP contribution in [0, 0.1) is 5.92 Å². The molecule has 0 heterocycles. The van der Waals surface area contributed by atoms with Crippen LogP contribution in [0.2, 0.25) is 0 Å². The van der Waals surface area contributed by atoms with Crippen molar-refractivity contribution in [1.82, 2.24) is 5.32 Å². The molecule has 0 saturated carbocycles. The van der Waals surface area contributed by atoms with Crippen molar-refractivity contribution in [1.29, 1.82) is 0 Å². The van der Waals surface area contributed by atoms with E-state index in [0.717, 1.165) is 0 Å². The second kappa shape index (κ2) is 6.43. The highest BCUT2D eigenvalue weighted by Gasteiger charge is 2.16. The van der Waals surface area contributed by atoms with Crippen molar-refractivity contribution < 1.29 is 9.53 Å². The van der Waals surface area contributed by atoms with Gasteiger partial charge in [-0.15, -0.1) is 0 Å². The zero-order valence-corrected chi connectivity index (χ0v) is 11.9. The maximum atomic E-state index is 12.2. The van der Waals surface area contributed by atoms with Gasteiger partial charge in [0.15, 0.2) is 0 Å². The van der Waals surface area contributed by atoms with Gasteiger partial charge in [-0.3, -0.25) is 4.79 Å². The SMILES string of the molecule is CC(C)Oc1ccccc1C(=O)N[C@@H](C)C(C)C. The maximum absolute atomic E-state index is 12.2. The van der Waals surface area contributed by atoms with Gasteiger partial charge in [0, 0.05) is 6.04 Å². The van der Waals surface area contributed by atoms with Crippen molar-refractivity contribution in [3.8, 4) is 5.75 Å². The first-order valence-corrected chi connectivity index (χ1v) is 6.48. The van der Waals surface area contributed by atoms with Gasteiger partial charge in [-0.25, -0.2) is 0 Å². The molecule has 1 atom stereocenters. The monoisotopic (exact) mass is 249 g/mol. The molecule has 0 aromatic heterocycles. The van der Waals surface area contributed by atoms with Gasteiger partial charge in [0.05, 0.1) is 11.7 Å². The van der Waals surface area contributed by atoms with Crippen molar-refractivity contribution >= 4 is 5.91 Å². The molecule has 1 rings (SSSR count). The number of ether oxygens (including phenoxy) is 1. The Hall–Kier alpha value is -1.51. The molecule has 1 aromatic carbocycles. The lowest BCUT2D eigenvalue weighted by molar-refractivity contribution is 0.0924. The summed E-state index contributed by atoms with van der Waals surface area (Å²) < 4.78 is 5.65. The minimum Gasteiger partial charge on any atom is -0.490 e. The Morgan fingerprint density at radius 2 is 1.72 bits per heavy atom. The molecule has 0 radical (unpaired) electrons. The fourth-order valence-electron chi connectivity index (χ4n) is 1.46. The molecule has 3 heteroatoms. The van der Waals surface area contributed by atoms with Gasteiger partial charge >= 0.3 is 0 Å². The van der Waals surface area contributed by atoms with Crippen LogP contribution in [0.5, 0.6) is 5.75 Å². The summed E-state index contributed by atoms with van der Waals surface area (Å²) in [6.07, 6.45) is 0.0569. The zero-order valence-electron chi connectivity index (χ0n) is 11.9. The molecule has 1 N–H and O–H groups in total. The lowest BCUT2D eigenvalue weighted by Gasteiger charge is -2.19. The largest absolute Gasteiger partial charge is 0.490 e. The van der Waals surface area contributed by atoms with E-state index < -0.39 is 0 Å². The summed E-state index contributed by atoms with van der Waals surface area (Å²) in [6, 6.07) is 7.49. The molecule has 0 spiro atoms. The second-order valence-electron chi connectivity index (χ2n) is 5.17. The van der Waals surface area contributed by atoms with E-state index in [0.29, 0.717) is 17.2 Å². The predicted molar refractivity (Wildman–Crippen MR) is 74.0 cm³/mol. The molecular formula is C15H23NO2.